The first-order valence-electron chi connectivity index (χ1n) is 7.44. The topological polar surface area (TPSA) is 114 Å². The van der Waals surface area contributed by atoms with Crippen LogP contribution in [0.2, 0.25) is 0 Å². The zero-order valence-corrected chi connectivity index (χ0v) is 14.8. The highest BCUT2D eigenvalue weighted by atomic mass is 16.6. The number of amides is 3. The minimum atomic E-state index is -0.858. The molecule has 0 saturated heterocycles. The van der Waals surface area contributed by atoms with Gasteiger partial charge in [-0.25, -0.2) is 4.79 Å². The van der Waals surface area contributed by atoms with E-state index in [2.05, 4.69) is 16.0 Å². The van der Waals surface area contributed by atoms with Crippen molar-refractivity contribution in [3.8, 4) is 0 Å². The molecule has 132 valence electrons. The van der Waals surface area contributed by atoms with Crippen molar-refractivity contribution in [1.82, 2.24) is 16.0 Å². The Balaban J connectivity index is 4.47. The fourth-order valence-electron chi connectivity index (χ4n) is 1.56. The van der Waals surface area contributed by atoms with Gasteiger partial charge in [0.2, 0.25) is 17.7 Å². The van der Waals surface area contributed by atoms with E-state index < -0.39 is 41.5 Å². The van der Waals surface area contributed by atoms with Crippen molar-refractivity contribution < 1.29 is 23.9 Å². The third-order valence-corrected chi connectivity index (χ3v) is 2.68. The average Bonchev–Trinajstić information content (AvgIpc) is 2.35. The Morgan fingerprint density at radius 3 is 1.57 bits per heavy atom. The van der Waals surface area contributed by atoms with E-state index in [-0.39, 0.29) is 5.91 Å². The minimum Gasteiger partial charge on any atom is -0.458 e. The summed E-state index contributed by atoms with van der Waals surface area (Å²) in [7, 11) is 0. The maximum absolute atomic E-state index is 12.0. The van der Waals surface area contributed by atoms with Crippen LogP contribution in [0.5, 0.6) is 0 Å². The predicted molar refractivity (Wildman–Crippen MR) is 84.3 cm³/mol. The van der Waals surface area contributed by atoms with E-state index >= 15 is 0 Å². The van der Waals surface area contributed by atoms with Gasteiger partial charge < -0.3 is 20.7 Å². The van der Waals surface area contributed by atoms with Gasteiger partial charge in [-0.15, -0.1) is 0 Å². The number of hydrogen-bond acceptors (Lipinski definition) is 5. The van der Waals surface area contributed by atoms with Crippen molar-refractivity contribution in [3.05, 3.63) is 0 Å². The number of nitrogens with one attached hydrogen (secondary N) is 3. The van der Waals surface area contributed by atoms with Gasteiger partial charge in [-0.2, -0.15) is 0 Å². The van der Waals surface area contributed by atoms with E-state index in [1.54, 1.807) is 20.8 Å². The lowest BCUT2D eigenvalue weighted by molar-refractivity contribution is -0.158. The van der Waals surface area contributed by atoms with Gasteiger partial charge in [0.25, 0.3) is 0 Å². The van der Waals surface area contributed by atoms with Crippen molar-refractivity contribution >= 4 is 23.7 Å². The van der Waals surface area contributed by atoms with Gasteiger partial charge in [0, 0.05) is 6.92 Å². The highest BCUT2D eigenvalue weighted by molar-refractivity contribution is 5.92. The summed E-state index contributed by atoms with van der Waals surface area (Å²) in [6.07, 6.45) is 0. The minimum absolute atomic E-state index is 0.344. The Morgan fingerprint density at radius 2 is 1.17 bits per heavy atom. The van der Waals surface area contributed by atoms with Crippen LogP contribution < -0.4 is 16.0 Å². The first kappa shape index (κ1) is 20.9. The van der Waals surface area contributed by atoms with Crippen LogP contribution in [0.15, 0.2) is 0 Å². The van der Waals surface area contributed by atoms with E-state index in [1.807, 2.05) is 0 Å². The molecule has 0 spiro atoms. The van der Waals surface area contributed by atoms with Crippen molar-refractivity contribution in [1.29, 1.82) is 0 Å². The smallest absolute Gasteiger partial charge is 0.328 e. The lowest BCUT2D eigenvalue weighted by Gasteiger charge is -2.24. The highest BCUT2D eigenvalue weighted by Gasteiger charge is 2.26. The molecule has 0 heterocycles. The van der Waals surface area contributed by atoms with Crippen molar-refractivity contribution in [2.75, 3.05) is 0 Å². The zero-order chi connectivity index (χ0) is 18.4. The molecule has 0 aromatic heterocycles. The molecule has 3 N–H and O–H groups in total. The molecular weight excluding hydrogens is 302 g/mol. The van der Waals surface area contributed by atoms with Crippen LogP contribution in [-0.2, 0) is 23.9 Å². The van der Waals surface area contributed by atoms with Crippen LogP contribution in [0.3, 0.4) is 0 Å². The Labute approximate surface area is 136 Å². The summed E-state index contributed by atoms with van der Waals surface area (Å²) >= 11 is 0. The van der Waals surface area contributed by atoms with Crippen molar-refractivity contribution in [2.24, 2.45) is 0 Å². The van der Waals surface area contributed by atoms with Gasteiger partial charge in [-0.05, 0) is 41.5 Å². The lowest BCUT2D eigenvalue weighted by Crippen LogP contribution is -2.53. The molecule has 0 aromatic rings. The molecular formula is C15H27N3O5. The summed E-state index contributed by atoms with van der Waals surface area (Å²) in [4.78, 5) is 46.5. The molecule has 0 bridgehead atoms. The summed E-state index contributed by atoms with van der Waals surface area (Å²) in [5, 5.41) is 7.35. The Kier molecular flexibility index (Phi) is 7.71. The SMILES string of the molecule is CC(=O)NC(C)C(=O)NC(C)C(=O)NC(C)C(=O)OC(C)(C)C. The van der Waals surface area contributed by atoms with Crippen LogP contribution in [0.4, 0.5) is 0 Å². The normalized spacial score (nSPS) is 14.9. The molecule has 3 unspecified atom stereocenters. The summed E-state index contributed by atoms with van der Waals surface area (Å²) in [5.74, 6) is -1.92. The van der Waals surface area contributed by atoms with Crippen LogP contribution >= 0.6 is 0 Å². The molecule has 0 radical (unpaired) electrons. The molecule has 0 saturated carbocycles. The Bertz CT molecular complexity index is 470. The van der Waals surface area contributed by atoms with E-state index in [4.69, 9.17) is 4.74 Å². The Morgan fingerprint density at radius 1 is 0.783 bits per heavy atom. The Hall–Kier alpha value is -2.12. The zero-order valence-electron chi connectivity index (χ0n) is 14.8. The lowest BCUT2D eigenvalue weighted by atomic mass is 10.2. The molecule has 3 amide bonds. The van der Waals surface area contributed by atoms with Gasteiger partial charge in [-0.1, -0.05) is 0 Å². The maximum Gasteiger partial charge on any atom is 0.328 e. The third kappa shape index (κ3) is 8.80. The highest BCUT2D eigenvalue weighted by Crippen LogP contribution is 2.08. The largest absolute Gasteiger partial charge is 0.458 e. The molecule has 0 aliphatic rings. The molecule has 0 aliphatic carbocycles. The quantitative estimate of drug-likeness (QED) is 0.587. The molecule has 0 rings (SSSR count). The third-order valence-electron chi connectivity index (χ3n) is 2.68. The van der Waals surface area contributed by atoms with E-state index in [0.717, 1.165) is 0 Å². The van der Waals surface area contributed by atoms with Gasteiger partial charge in [0.05, 0.1) is 0 Å². The molecule has 8 heteroatoms. The van der Waals surface area contributed by atoms with Gasteiger partial charge in [0.1, 0.15) is 23.7 Å². The molecule has 0 aromatic carbocycles. The first-order valence-corrected chi connectivity index (χ1v) is 7.44. The summed E-state index contributed by atoms with van der Waals surface area (Å²) < 4.78 is 5.15. The second-order valence-corrected chi connectivity index (χ2v) is 6.42. The summed E-state index contributed by atoms with van der Waals surface area (Å²) in [5.41, 5.74) is -0.649. The summed E-state index contributed by atoms with van der Waals surface area (Å²) in [6, 6.07) is -2.46. The van der Waals surface area contributed by atoms with Crippen LogP contribution in [0, 0.1) is 0 Å². The first-order chi connectivity index (χ1) is 10.3. The molecule has 0 fully saturated rings. The van der Waals surface area contributed by atoms with Crippen LogP contribution in [0.1, 0.15) is 48.5 Å². The number of carbonyl (C=O) groups excluding carboxylic acids is 4. The molecule has 8 nitrogen and oxygen atoms in total. The number of carbonyl (C=O) groups is 4. The number of hydrogen-bond donors (Lipinski definition) is 3. The second-order valence-electron chi connectivity index (χ2n) is 6.42. The molecule has 0 aliphatic heterocycles. The fraction of sp³-hybridized carbons (Fsp3) is 0.733. The molecule has 3 atom stereocenters. The standard InChI is InChI=1S/C15H27N3O5/c1-8(16-11(4)19)12(20)17-9(2)13(21)18-10(3)14(22)23-15(5,6)7/h8-10H,1-7H3,(H,16,19)(H,17,20)(H,18,21). The van der Waals surface area contributed by atoms with Crippen molar-refractivity contribution in [3.63, 3.8) is 0 Å². The molecule has 23 heavy (non-hydrogen) atoms. The van der Waals surface area contributed by atoms with E-state index in [9.17, 15) is 19.2 Å². The second kappa shape index (κ2) is 8.50. The van der Waals surface area contributed by atoms with Crippen LogP contribution in [-0.4, -0.2) is 47.4 Å². The number of ether oxygens (including phenoxy) is 1. The van der Waals surface area contributed by atoms with Gasteiger partial charge in [-0.3, -0.25) is 14.4 Å². The van der Waals surface area contributed by atoms with Gasteiger partial charge in [0.15, 0.2) is 0 Å². The van der Waals surface area contributed by atoms with Crippen molar-refractivity contribution in [2.45, 2.75) is 72.2 Å². The monoisotopic (exact) mass is 329 g/mol. The summed E-state index contributed by atoms with van der Waals surface area (Å²) in [6.45, 7) is 11.0. The van der Waals surface area contributed by atoms with Gasteiger partial charge >= 0.3 is 5.97 Å². The maximum atomic E-state index is 12.0. The average molecular weight is 329 g/mol. The van der Waals surface area contributed by atoms with E-state index in [1.165, 1.54) is 27.7 Å². The number of esters is 1. The van der Waals surface area contributed by atoms with E-state index in [0.29, 0.717) is 0 Å². The number of rotatable bonds is 6. The predicted octanol–water partition coefficient (Wildman–Crippen LogP) is -0.138. The van der Waals surface area contributed by atoms with Crippen LogP contribution in [0.25, 0.3) is 0 Å². The fourth-order valence-corrected chi connectivity index (χ4v) is 1.56.